The van der Waals surface area contributed by atoms with Gasteiger partial charge in [0, 0.05) is 0 Å². The normalized spacial score (nSPS) is 10.8. The highest BCUT2D eigenvalue weighted by Gasteiger charge is 1.74. The highest BCUT2D eigenvalue weighted by Crippen LogP contribution is 1.79. The van der Waals surface area contributed by atoms with Crippen LogP contribution in [0.4, 0.5) is 0 Å². The lowest BCUT2D eigenvalue weighted by Gasteiger charge is -1.79. The molecule has 0 aliphatic heterocycles. The van der Waals surface area contributed by atoms with Crippen molar-refractivity contribution in [2.24, 2.45) is 0 Å². The molecule has 0 aromatic carbocycles. The minimum absolute atomic E-state index is 0.438. The molecule has 0 atom stereocenters. The Bertz CT molecular complexity index is 152. The second-order valence-corrected chi connectivity index (χ2v) is 1.54. The maximum atomic E-state index is 7.08. The predicted octanol–water partition coefficient (Wildman–Crippen LogP) is 2.32. The van der Waals surface area contributed by atoms with Crippen LogP contribution in [-0.4, -0.2) is 5.71 Å². The van der Waals surface area contributed by atoms with Crippen LogP contribution in [0, 0.1) is 5.41 Å². The Kier molecular flexibility index (Phi) is 4.41. The van der Waals surface area contributed by atoms with E-state index >= 15 is 0 Å². The first-order chi connectivity index (χ1) is 4.31. The molecule has 1 nitrogen and oxygen atoms in total. The van der Waals surface area contributed by atoms with E-state index in [4.69, 9.17) is 5.41 Å². The Morgan fingerprint density at radius 2 is 2.11 bits per heavy atom. The summed E-state index contributed by atoms with van der Waals surface area (Å²) in [7, 11) is 0. The molecule has 1 N–H and O–H groups in total. The fourth-order valence-electron chi connectivity index (χ4n) is 0.338. The van der Waals surface area contributed by atoms with Crippen molar-refractivity contribution in [3.05, 3.63) is 37.0 Å². The highest BCUT2D eigenvalue weighted by atomic mass is 14.4. The molecule has 0 heterocycles. The third-order valence-electron chi connectivity index (χ3n) is 0.799. The van der Waals surface area contributed by atoms with Crippen molar-refractivity contribution in [2.75, 3.05) is 0 Å². The Morgan fingerprint density at radius 1 is 1.44 bits per heavy atom. The molecule has 0 aliphatic carbocycles. The van der Waals surface area contributed by atoms with Crippen LogP contribution in [0.3, 0.4) is 0 Å². The predicted molar refractivity (Wildman–Crippen MR) is 41.9 cm³/mol. The minimum atomic E-state index is 0.438. The average Bonchev–Trinajstić information content (AvgIpc) is 1.89. The van der Waals surface area contributed by atoms with Gasteiger partial charge in [0.2, 0.25) is 0 Å². The van der Waals surface area contributed by atoms with E-state index in [0.29, 0.717) is 5.71 Å². The third kappa shape index (κ3) is 4.75. The Morgan fingerprint density at radius 3 is 2.56 bits per heavy atom. The van der Waals surface area contributed by atoms with Crippen LogP contribution < -0.4 is 0 Å². The van der Waals surface area contributed by atoms with Crippen LogP contribution in [0.25, 0.3) is 0 Å². The lowest BCUT2D eigenvalue weighted by Crippen LogP contribution is -1.78. The zero-order valence-electron chi connectivity index (χ0n) is 5.59. The van der Waals surface area contributed by atoms with Crippen molar-refractivity contribution in [2.45, 2.75) is 6.92 Å². The van der Waals surface area contributed by atoms with E-state index in [1.807, 2.05) is 25.2 Å². The highest BCUT2D eigenvalue weighted by molar-refractivity contribution is 6.01. The molecule has 0 aliphatic rings. The zero-order valence-corrected chi connectivity index (χ0v) is 5.59. The molecule has 0 spiro atoms. The molecule has 0 saturated heterocycles. The third-order valence-corrected chi connectivity index (χ3v) is 0.799. The molecule has 48 valence electrons. The molecule has 0 aromatic heterocycles. The van der Waals surface area contributed by atoms with Crippen molar-refractivity contribution in [1.29, 1.82) is 5.41 Å². The fraction of sp³-hybridized carbons (Fsp3) is 0.125. The van der Waals surface area contributed by atoms with Crippen LogP contribution in [0.1, 0.15) is 6.92 Å². The summed E-state index contributed by atoms with van der Waals surface area (Å²) in [5.41, 5.74) is 0.438. The summed E-state index contributed by atoms with van der Waals surface area (Å²) >= 11 is 0. The maximum absolute atomic E-state index is 7.08. The topological polar surface area (TPSA) is 23.9 Å². The second-order valence-electron chi connectivity index (χ2n) is 1.54. The molecular weight excluding hydrogens is 110 g/mol. The maximum Gasteiger partial charge on any atom is 0.0533 e. The first-order valence-corrected chi connectivity index (χ1v) is 2.81. The van der Waals surface area contributed by atoms with Gasteiger partial charge < -0.3 is 5.41 Å². The lowest BCUT2D eigenvalue weighted by atomic mass is 10.3. The van der Waals surface area contributed by atoms with Gasteiger partial charge in [-0.25, -0.2) is 0 Å². The van der Waals surface area contributed by atoms with Crippen molar-refractivity contribution in [3.63, 3.8) is 0 Å². The van der Waals surface area contributed by atoms with Gasteiger partial charge in [0.25, 0.3) is 0 Å². The number of nitrogens with one attached hydrogen (secondary N) is 1. The summed E-state index contributed by atoms with van der Waals surface area (Å²) in [5, 5.41) is 7.08. The van der Waals surface area contributed by atoms with Gasteiger partial charge in [-0.3, -0.25) is 0 Å². The summed E-state index contributed by atoms with van der Waals surface area (Å²) in [6.45, 7) is 5.37. The van der Waals surface area contributed by atoms with Crippen molar-refractivity contribution < 1.29 is 0 Å². The summed E-state index contributed by atoms with van der Waals surface area (Å²) in [4.78, 5) is 0. The van der Waals surface area contributed by atoms with E-state index < -0.39 is 0 Å². The average molecular weight is 121 g/mol. The van der Waals surface area contributed by atoms with Gasteiger partial charge in [0.1, 0.15) is 0 Å². The Balaban J connectivity index is 3.70. The van der Waals surface area contributed by atoms with E-state index in [9.17, 15) is 0 Å². The minimum Gasteiger partial charge on any atom is -0.301 e. The van der Waals surface area contributed by atoms with Gasteiger partial charge >= 0.3 is 0 Å². The molecule has 0 rings (SSSR count). The smallest absolute Gasteiger partial charge is 0.0533 e. The molecule has 0 amide bonds. The standard InChI is InChI=1S/C8H11N/c1-3-5-6-7-8(9)4-2/h3-7,9H,2H2,1H3/b5-3?,7-6-,9-8?. The second kappa shape index (κ2) is 5.04. The van der Waals surface area contributed by atoms with E-state index in [1.54, 1.807) is 6.08 Å². The van der Waals surface area contributed by atoms with Crippen LogP contribution in [0.2, 0.25) is 0 Å². The molecule has 1 heteroatoms. The Hall–Kier alpha value is -1.11. The lowest BCUT2D eigenvalue weighted by molar-refractivity contribution is 1.54. The fourth-order valence-corrected chi connectivity index (χ4v) is 0.338. The summed E-state index contributed by atoms with van der Waals surface area (Å²) < 4.78 is 0. The monoisotopic (exact) mass is 121 g/mol. The molecule has 0 aromatic rings. The van der Waals surface area contributed by atoms with E-state index in [2.05, 4.69) is 6.58 Å². The van der Waals surface area contributed by atoms with Gasteiger partial charge in [-0.2, -0.15) is 0 Å². The van der Waals surface area contributed by atoms with E-state index in [1.165, 1.54) is 6.08 Å². The molecular formula is C8H11N. The van der Waals surface area contributed by atoms with Gasteiger partial charge in [-0.15, -0.1) is 0 Å². The molecule has 0 unspecified atom stereocenters. The van der Waals surface area contributed by atoms with Gasteiger partial charge in [0.05, 0.1) is 5.71 Å². The number of rotatable bonds is 3. The van der Waals surface area contributed by atoms with Gasteiger partial charge in [-0.1, -0.05) is 24.8 Å². The van der Waals surface area contributed by atoms with Crippen molar-refractivity contribution in [3.8, 4) is 0 Å². The molecule has 0 radical (unpaired) electrons. The van der Waals surface area contributed by atoms with Crippen LogP contribution >= 0.6 is 0 Å². The number of allylic oxidation sites excluding steroid dienone is 5. The van der Waals surface area contributed by atoms with Crippen LogP contribution in [-0.2, 0) is 0 Å². The quantitative estimate of drug-likeness (QED) is 0.437. The summed E-state index contributed by atoms with van der Waals surface area (Å²) in [5.74, 6) is 0. The van der Waals surface area contributed by atoms with E-state index in [0.717, 1.165) is 0 Å². The van der Waals surface area contributed by atoms with Gasteiger partial charge in [0.15, 0.2) is 0 Å². The molecule has 9 heavy (non-hydrogen) atoms. The van der Waals surface area contributed by atoms with Crippen LogP contribution in [0.5, 0.6) is 0 Å². The van der Waals surface area contributed by atoms with Crippen molar-refractivity contribution in [1.82, 2.24) is 0 Å². The molecule has 0 bridgehead atoms. The van der Waals surface area contributed by atoms with E-state index in [-0.39, 0.29) is 0 Å². The first kappa shape index (κ1) is 7.89. The Labute approximate surface area is 55.9 Å². The van der Waals surface area contributed by atoms with Crippen LogP contribution in [0.15, 0.2) is 37.0 Å². The largest absolute Gasteiger partial charge is 0.301 e. The SMILES string of the molecule is C=CC(=N)/C=C\C=CC. The summed E-state index contributed by atoms with van der Waals surface area (Å²) in [6, 6.07) is 0. The molecule has 0 fully saturated rings. The summed E-state index contributed by atoms with van der Waals surface area (Å²) in [6.07, 6.45) is 8.78. The number of hydrogen-bond donors (Lipinski definition) is 1. The van der Waals surface area contributed by atoms with Crippen molar-refractivity contribution >= 4 is 5.71 Å². The number of hydrogen-bond acceptors (Lipinski definition) is 1. The first-order valence-electron chi connectivity index (χ1n) is 2.81. The van der Waals surface area contributed by atoms with Gasteiger partial charge in [-0.05, 0) is 19.1 Å². The zero-order chi connectivity index (χ0) is 7.11. The molecule has 0 saturated carbocycles.